The molecule has 3 saturated heterocycles. The number of benzene rings is 2. The summed E-state index contributed by atoms with van der Waals surface area (Å²) in [5.74, 6) is -1.43. The van der Waals surface area contributed by atoms with E-state index < -0.39 is 30.3 Å². The summed E-state index contributed by atoms with van der Waals surface area (Å²) >= 11 is 0. The predicted octanol–water partition coefficient (Wildman–Crippen LogP) is 9.16. The lowest BCUT2D eigenvalue weighted by Gasteiger charge is -2.47. The number of rotatable bonds is 26. The molecule has 0 saturated carbocycles. The zero-order valence-corrected chi connectivity index (χ0v) is 35.2. The van der Waals surface area contributed by atoms with Crippen molar-refractivity contribution in [2.75, 3.05) is 13.1 Å². The Bertz CT molecular complexity index is 1420. The average Bonchev–Trinajstić information content (AvgIpc) is 3.76. The third-order valence-corrected chi connectivity index (χ3v) is 12.8. The van der Waals surface area contributed by atoms with Gasteiger partial charge in [-0.3, -0.25) is 9.59 Å². The first-order valence-electron chi connectivity index (χ1n) is 22.6. The van der Waals surface area contributed by atoms with Crippen molar-refractivity contribution < 1.29 is 48.1 Å². The van der Waals surface area contributed by atoms with E-state index in [0.717, 1.165) is 51.4 Å². The number of carbonyl (C=O) groups is 4. The summed E-state index contributed by atoms with van der Waals surface area (Å²) in [7, 11) is 0. The van der Waals surface area contributed by atoms with Gasteiger partial charge in [0.25, 0.3) is 0 Å². The molecule has 3 aliphatic heterocycles. The lowest BCUT2D eigenvalue weighted by Crippen LogP contribution is -2.60. The van der Waals surface area contributed by atoms with Gasteiger partial charge in [0.1, 0.15) is 6.10 Å². The molecule has 58 heavy (non-hydrogen) atoms. The number of esters is 2. The molecule has 10 nitrogen and oxygen atoms in total. The smallest absolute Gasteiger partial charge is 0.348 e. The van der Waals surface area contributed by atoms with Gasteiger partial charge in [0.2, 0.25) is 11.9 Å². The summed E-state index contributed by atoms with van der Waals surface area (Å²) in [6.07, 6.45) is 25.0. The molecule has 1 N–H and O–H groups in total. The number of quaternary nitrogens is 1. The predicted molar refractivity (Wildman–Crippen MR) is 222 cm³/mol. The number of unbranched alkanes of at least 4 members (excludes halogenated alkanes) is 15. The number of hydrogen-bond acceptors (Lipinski definition) is 8. The number of nitrogens with zero attached hydrogens (tertiary/aromatic N) is 1. The minimum absolute atomic E-state index is 0.154. The van der Waals surface area contributed by atoms with Gasteiger partial charge in [0.15, 0.2) is 0 Å². The number of carboxylic acids is 1. The van der Waals surface area contributed by atoms with E-state index in [2.05, 4.69) is 0 Å². The van der Waals surface area contributed by atoms with Gasteiger partial charge in [0, 0.05) is 57.8 Å². The van der Waals surface area contributed by atoms with E-state index in [0.29, 0.717) is 36.1 Å². The van der Waals surface area contributed by atoms with E-state index in [-0.39, 0.29) is 12.1 Å². The zero-order chi connectivity index (χ0) is 41.5. The molecule has 1 spiro atoms. The van der Waals surface area contributed by atoms with Crippen LogP contribution in [-0.2, 0) is 39.0 Å². The monoisotopic (exact) mass is 806 g/mol. The van der Waals surface area contributed by atoms with Crippen molar-refractivity contribution in [2.24, 2.45) is 0 Å². The van der Waals surface area contributed by atoms with Crippen molar-refractivity contribution in [3.8, 4) is 0 Å². The Labute approximate surface area is 347 Å². The number of carbonyl (C=O) groups excluding carboxylic acids is 3. The minimum Gasteiger partial charge on any atom is -0.554 e. The Morgan fingerprint density at radius 2 is 1.10 bits per heavy atom. The van der Waals surface area contributed by atoms with Gasteiger partial charge in [0.05, 0.1) is 25.2 Å². The summed E-state index contributed by atoms with van der Waals surface area (Å²) in [6, 6.07) is 20.2. The van der Waals surface area contributed by atoms with Crippen LogP contribution < -0.4 is 5.11 Å². The topological polar surface area (TPSA) is 139 Å². The fourth-order valence-corrected chi connectivity index (χ4v) is 10.0. The van der Waals surface area contributed by atoms with Crippen LogP contribution in [-0.4, -0.2) is 71.5 Å². The fourth-order valence-electron chi connectivity index (χ4n) is 10.0. The highest BCUT2D eigenvalue weighted by atomic mass is 16.7. The van der Waals surface area contributed by atoms with Crippen LogP contribution in [0.2, 0.25) is 0 Å². The van der Waals surface area contributed by atoms with Crippen molar-refractivity contribution >= 4 is 24.4 Å². The number of aliphatic carboxylic acids is 1. The van der Waals surface area contributed by atoms with E-state index >= 15 is 0 Å². The second kappa shape index (κ2) is 25.7. The van der Waals surface area contributed by atoms with Gasteiger partial charge >= 0.3 is 17.9 Å². The molecule has 3 atom stereocenters. The van der Waals surface area contributed by atoms with Crippen LogP contribution in [0.15, 0.2) is 60.7 Å². The molecule has 3 heterocycles. The molecule has 2 aromatic carbocycles. The van der Waals surface area contributed by atoms with E-state index in [1.54, 1.807) is 6.92 Å². The second-order valence-corrected chi connectivity index (χ2v) is 16.9. The number of ether oxygens (including phenoxy) is 3. The first kappa shape index (κ1) is 46.9. The lowest BCUT2D eigenvalue weighted by atomic mass is 9.85. The first-order chi connectivity index (χ1) is 28.2. The summed E-state index contributed by atoms with van der Waals surface area (Å²) in [5, 5.41) is 17.0. The van der Waals surface area contributed by atoms with Gasteiger partial charge in [-0.25, -0.2) is 4.79 Å². The molecule has 322 valence electrons. The van der Waals surface area contributed by atoms with E-state index in [4.69, 9.17) is 29.2 Å². The standard InChI is InChI=1S/C47H69NO7.CH2O2/c1-38(53-45(51)31-23-15-13-11-9-7-5-3-2-4-6-8-10-12-14-22-30-44(49)50)55-47(39-26-18-16-19-27-39,40-28-20-17-21-29-40)46(52)54-43-36-41-32-33-42(37-43)48(41)34-24-25-35-48;2-1-3/h16-21,26-29,38,41-43H,2-15,22-25,30-37H2,1H3;1H,(H,2,3). The SMILES string of the molecule is CC(OC(=O)CCCCCCCCCCCCCCCCCCC(=O)O)OC(C(=O)OC1CC2CCC(C1)[N+]21CCCC1)(c1ccccc1)c1ccccc1.O=C[O-]. The highest BCUT2D eigenvalue weighted by Crippen LogP contribution is 2.47. The fraction of sp³-hybridized carbons (Fsp3) is 0.667. The van der Waals surface area contributed by atoms with Crippen molar-refractivity contribution in [3.63, 3.8) is 0 Å². The normalized spacial score (nSPS) is 19.8. The van der Waals surface area contributed by atoms with E-state index in [1.165, 1.54) is 107 Å². The molecule has 3 fully saturated rings. The number of carboxylic acid groups (broad SMARTS) is 2. The van der Waals surface area contributed by atoms with Crippen LogP contribution >= 0.6 is 0 Å². The molecule has 3 unspecified atom stereocenters. The zero-order valence-electron chi connectivity index (χ0n) is 35.2. The molecular formula is C48H71NO9. The summed E-state index contributed by atoms with van der Waals surface area (Å²) in [4.78, 5) is 46.5. The van der Waals surface area contributed by atoms with Crippen LogP contribution in [0.3, 0.4) is 0 Å². The maximum Gasteiger partial charge on any atom is 0.348 e. The number of hydrogen-bond donors (Lipinski definition) is 1. The van der Waals surface area contributed by atoms with Crippen LogP contribution in [0.4, 0.5) is 0 Å². The quantitative estimate of drug-likeness (QED) is 0.0324. The second-order valence-electron chi connectivity index (χ2n) is 16.9. The molecule has 2 bridgehead atoms. The molecule has 2 aromatic rings. The van der Waals surface area contributed by atoms with Gasteiger partial charge in [-0.1, -0.05) is 151 Å². The van der Waals surface area contributed by atoms with Crippen LogP contribution in [0, 0.1) is 0 Å². The van der Waals surface area contributed by atoms with Crippen LogP contribution in [0.1, 0.15) is 172 Å². The molecule has 0 amide bonds. The summed E-state index contributed by atoms with van der Waals surface area (Å²) < 4.78 is 20.2. The largest absolute Gasteiger partial charge is 0.554 e. The van der Waals surface area contributed by atoms with Gasteiger partial charge in [-0.2, -0.15) is 0 Å². The maximum atomic E-state index is 14.7. The van der Waals surface area contributed by atoms with E-state index in [9.17, 15) is 14.4 Å². The Kier molecular flexibility index (Phi) is 20.8. The van der Waals surface area contributed by atoms with Crippen molar-refractivity contribution in [3.05, 3.63) is 71.8 Å². The van der Waals surface area contributed by atoms with Gasteiger partial charge < -0.3 is 33.7 Å². The minimum atomic E-state index is -1.58. The van der Waals surface area contributed by atoms with Crippen molar-refractivity contribution in [1.29, 1.82) is 0 Å². The molecule has 10 heteroatoms. The molecule has 0 radical (unpaired) electrons. The third-order valence-electron chi connectivity index (χ3n) is 12.8. The maximum absolute atomic E-state index is 14.7. The molecule has 0 aliphatic carbocycles. The molecule has 3 aliphatic rings. The Hall–Kier alpha value is -3.76. The molecule has 5 rings (SSSR count). The van der Waals surface area contributed by atoms with Crippen LogP contribution in [0.5, 0.6) is 0 Å². The summed E-state index contributed by atoms with van der Waals surface area (Å²) in [5.41, 5.74) is -0.257. The van der Waals surface area contributed by atoms with Gasteiger partial charge in [-0.05, 0) is 30.9 Å². The Morgan fingerprint density at radius 3 is 1.52 bits per heavy atom. The van der Waals surface area contributed by atoms with Crippen molar-refractivity contribution in [2.45, 2.75) is 191 Å². The number of piperidine rings is 1. The Balaban J connectivity index is 0.00000240. The molecular weight excluding hydrogens is 735 g/mol. The highest BCUT2D eigenvalue weighted by molar-refractivity contribution is 5.86. The average molecular weight is 806 g/mol. The third kappa shape index (κ3) is 14.2. The Morgan fingerprint density at radius 1 is 0.707 bits per heavy atom. The van der Waals surface area contributed by atoms with Crippen LogP contribution in [0.25, 0.3) is 0 Å². The lowest BCUT2D eigenvalue weighted by molar-refractivity contribution is -0.956. The van der Waals surface area contributed by atoms with Crippen molar-refractivity contribution in [1.82, 2.24) is 0 Å². The van der Waals surface area contributed by atoms with Gasteiger partial charge in [-0.15, -0.1) is 0 Å². The molecule has 0 aromatic heterocycles. The summed E-state index contributed by atoms with van der Waals surface area (Å²) in [6.45, 7) is 3.75. The van der Waals surface area contributed by atoms with E-state index in [1.807, 2.05) is 60.7 Å². The first-order valence-corrected chi connectivity index (χ1v) is 22.6. The highest BCUT2D eigenvalue weighted by Gasteiger charge is 2.57.